The molecule has 0 aromatic heterocycles. The molecule has 3 atom stereocenters. The number of fused-ring (bicyclic) bond motifs is 2. The summed E-state index contributed by atoms with van der Waals surface area (Å²) in [6.45, 7) is -0.140. The van der Waals surface area contributed by atoms with E-state index >= 15 is 0 Å². The van der Waals surface area contributed by atoms with E-state index in [0.717, 1.165) is 17.3 Å². The highest BCUT2D eigenvalue weighted by Crippen LogP contribution is 2.27. The molecule has 2 bridgehead atoms. The normalized spacial score (nSPS) is 28.5. The largest absolute Gasteiger partial charge is 0.346 e. The Hall–Kier alpha value is -0.730. The fraction of sp³-hybridized carbons (Fsp3) is 0.429. The zero-order valence-electron chi connectivity index (χ0n) is 11.1. The summed E-state index contributed by atoms with van der Waals surface area (Å²) < 4.78 is 41.2. The lowest BCUT2D eigenvalue weighted by Gasteiger charge is -2.36. The first-order valence-corrected chi connectivity index (χ1v) is 8.86. The van der Waals surface area contributed by atoms with Crippen LogP contribution in [0.15, 0.2) is 45.8 Å². The first-order valence-electron chi connectivity index (χ1n) is 6.65. The van der Waals surface area contributed by atoms with Crippen LogP contribution in [0.25, 0.3) is 0 Å². The number of ether oxygens (including phenoxy) is 2. The maximum Gasteiger partial charge on any atom is 0.297 e. The third kappa shape index (κ3) is 3.73. The molecule has 0 spiro atoms. The number of hydrogen-bond acceptors (Lipinski definition) is 5. The highest BCUT2D eigenvalue weighted by Gasteiger charge is 2.31. The predicted molar refractivity (Wildman–Crippen MR) is 79.2 cm³/mol. The average molecular weight is 375 g/mol. The minimum Gasteiger partial charge on any atom is -0.346 e. The summed E-state index contributed by atoms with van der Waals surface area (Å²) in [6.07, 6.45) is 5.06. The van der Waals surface area contributed by atoms with Crippen molar-refractivity contribution in [1.29, 1.82) is 0 Å². The van der Waals surface area contributed by atoms with E-state index in [1.165, 1.54) is 12.1 Å². The van der Waals surface area contributed by atoms with Gasteiger partial charge in [-0.1, -0.05) is 28.1 Å². The molecule has 3 rings (SSSR count). The van der Waals surface area contributed by atoms with Crippen molar-refractivity contribution in [2.24, 2.45) is 0 Å². The van der Waals surface area contributed by atoms with Crippen molar-refractivity contribution in [3.63, 3.8) is 0 Å². The van der Waals surface area contributed by atoms with Gasteiger partial charge >= 0.3 is 0 Å². The van der Waals surface area contributed by atoms with Gasteiger partial charge in [-0.25, -0.2) is 0 Å². The molecule has 3 unspecified atom stereocenters. The van der Waals surface area contributed by atoms with Gasteiger partial charge in [0.05, 0.1) is 17.1 Å². The Kier molecular flexibility index (Phi) is 4.46. The van der Waals surface area contributed by atoms with Gasteiger partial charge in [-0.3, -0.25) is 4.18 Å². The van der Waals surface area contributed by atoms with Gasteiger partial charge in [0, 0.05) is 10.9 Å². The van der Waals surface area contributed by atoms with E-state index in [4.69, 9.17) is 13.7 Å². The second-order valence-corrected chi connectivity index (χ2v) is 7.49. The third-order valence-corrected chi connectivity index (χ3v) is 5.20. The topological polar surface area (TPSA) is 61.8 Å². The van der Waals surface area contributed by atoms with Crippen LogP contribution in [0.2, 0.25) is 0 Å². The molecule has 1 aliphatic heterocycles. The first-order chi connectivity index (χ1) is 10.0. The van der Waals surface area contributed by atoms with Crippen LogP contribution in [0.1, 0.15) is 12.8 Å². The molecular formula is C14H15BrO5S. The Morgan fingerprint density at radius 1 is 1.24 bits per heavy atom. The van der Waals surface area contributed by atoms with E-state index in [-0.39, 0.29) is 23.7 Å². The van der Waals surface area contributed by atoms with Crippen LogP contribution in [-0.2, 0) is 23.8 Å². The average Bonchev–Trinajstić information content (AvgIpc) is 2.45. The van der Waals surface area contributed by atoms with Crippen LogP contribution in [0, 0.1) is 0 Å². The predicted octanol–water partition coefficient (Wildman–Crippen LogP) is 2.61. The molecule has 0 saturated carbocycles. The summed E-state index contributed by atoms with van der Waals surface area (Å²) in [5.74, 6) is 0. The zero-order chi connectivity index (χ0) is 14.9. The van der Waals surface area contributed by atoms with Crippen LogP contribution < -0.4 is 0 Å². The van der Waals surface area contributed by atoms with E-state index in [1.54, 1.807) is 12.1 Å². The van der Waals surface area contributed by atoms with Crippen LogP contribution in [0.4, 0.5) is 0 Å². The molecule has 1 aromatic carbocycles. The van der Waals surface area contributed by atoms with Gasteiger partial charge < -0.3 is 9.47 Å². The second-order valence-electron chi connectivity index (χ2n) is 4.95. The zero-order valence-corrected chi connectivity index (χ0v) is 13.5. The van der Waals surface area contributed by atoms with E-state index in [0.29, 0.717) is 0 Å². The SMILES string of the molecule is O=S(=O)(OCC1OC2C=CCC(C2)O1)c1ccc(Br)cc1. The minimum absolute atomic E-state index is 0.0125. The summed E-state index contributed by atoms with van der Waals surface area (Å²) in [4.78, 5) is 0.113. The number of rotatable bonds is 4. The van der Waals surface area contributed by atoms with Gasteiger partial charge in [-0.15, -0.1) is 0 Å². The van der Waals surface area contributed by atoms with Gasteiger partial charge in [0.2, 0.25) is 0 Å². The number of halogens is 1. The van der Waals surface area contributed by atoms with E-state index < -0.39 is 16.4 Å². The molecule has 0 N–H and O–H groups in total. The molecule has 5 nitrogen and oxygen atoms in total. The highest BCUT2D eigenvalue weighted by molar-refractivity contribution is 9.10. The Bertz CT molecular complexity index is 625. The summed E-state index contributed by atoms with van der Waals surface area (Å²) in [7, 11) is -3.80. The Balaban J connectivity index is 1.62. The van der Waals surface area contributed by atoms with Crippen molar-refractivity contribution in [2.45, 2.75) is 36.2 Å². The van der Waals surface area contributed by atoms with Crippen LogP contribution in [0.3, 0.4) is 0 Å². The molecule has 2 aliphatic rings. The van der Waals surface area contributed by atoms with Gasteiger partial charge in [0.1, 0.15) is 6.61 Å². The molecular weight excluding hydrogens is 360 g/mol. The van der Waals surface area contributed by atoms with Crippen molar-refractivity contribution >= 4 is 26.0 Å². The lowest BCUT2D eigenvalue weighted by molar-refractivity contribution is -0.243. The Labute approximate surface area is 132 Å². The van der Waals surface area contributed by atoms with Crippen LogP contribution >= 0.6 is 15.9 Å². The first kappa shape index (κ1) is 15.2. The molecule has 0 amide bonds. The fourth-order valence-electron chi connectivity index (χ4n) is 2.36. The Morgan fingerprint density at radius 3 is 2.71 bits per heavy atom. The third-order valence-electron chi connectivity index (χ3n) is 3.38. The van der Waals surface area contributed by atoms with Crippen LogP contribution in [-0.4, -0.2) is 33.5 Å². The molecule has 7 heteroatoms. The summed E-state index contributed by atoms with van der Waals surface area (Å²) in [5.41, 5.74) is 0. The highest BCUT2D eigenvalue weighted by atomic mass is 79.9. The molecule has 1 heterocycles. The van der Waals surface area contributed by atoms with Crippen molar-refractivity contribution in [3.8, 4) is 0 Å². The van der Waals surface area contributed by atoms with Crippen molar-refractivity contribution in [1.82, 2.24) is 0 Å². The minimum atomic E-state index is -3.80. The van der Waals surface area contributed by atoms with E-state index in [2.05, 4.69) is 15.9 Å². The van der Waals surface area contributed by atoms with Crippen LogP contribution in [0.5, 0.6) is 0 Å². The van der Waals surface area contributed by atoms with Crippen molar-refractivity contribution < 1.29 is 22.1 Å². The lowest BCUT2D eigenvalue weighted by atomic mass is 10.0. The van der Waals surface area contributed by atoms with Gasteiger partial charge in [0.25, 0.3) is 10.1 Å². The smallest absolute Gasteiger partial charge is 0.297 e. The van der Waals surface area contributed by atoms with Gasteiger partial charge in [-0.2, -0.15) is 8.42 Å². The van der Waals surface area contributed by atoms with E-state index in [1.807, 2.05) is 12.2 Å². The molecule has 21 heavy (non-hydrogen) atoms. The second kappa shape index (κ2) is 6.18. The fourth-order valence-corrected chi connectivity index (χ4v) is 3.52. The molecule has 114 valence electrons. The lowest BCUT2D eigenvalue weighted by Crippen LogP contribution is -2.41. The van der Waals surface area contributed by atoms with Gasteiger partial charge in [0.15, 0.2) is 6.29 Å². The van der Waals surface area contributed by atoms with Crippen molar-refractivity contribution in [2.75, 3.05) is 6.61 Å². The maximum absolute atomic E-state index is 12.1. The number of hydrogen-bond donors (Lipinski definition) is 0. The summed E-state index contributed by atoms with van der Waals surface area (Å²) in [6, 6.07) is 6.27. The molecule has 1 fully saturated rings. The summed E-state index contributed by atoms with van der Waals surface area (Å²) in [5, 5.41) is 0. The monoisotopic (exact) mass is 374 g/mol. The standard InChI is InChI=1S/C14H15BrO5S/c15-10-4-6-13(7-5-10)21(16,17)18-9-14-19-11-2-1-3-12(8-11)20-14/h1-2,4-7,11-12,14H,3,8-9H2. The molecule has 1 aromatic rings. The molecule has 0 radical (unpaired) electrons. The summed E-state index contributed by atoms with van der Waals surface area (Å²) >= 11 is 3.26. The molecule has 1 saturated heterocycles. The Morgan fingerprint density at radius 2 is 2.00 bits per heavy atom. The maximum atomic E-state index is 12.1. The van der Waals surface area contributed by atoms with Gasteiger partial charge in [-0.05, 0) is 30.7 Å². The van der Waals surface area contributed by atoms with E-state index in [9.17, 15) is 8.42 Å². The molecule has 1 aliphatic carbocycles. The van der Waals surface area contributed by atoms with Crippen molar-refractivity contribution in [3.05, 3.63) is 40.9 Å². The number of benzene rings is 1. The quantitative estimate of drug-likeness (QED) is 0.598.